The zero-order valence-electron chi connectivity index (χ0n) is 6.73. The second-order valence-electron chi connectivity index (χ2n) is 2.41. The molecule has 1 atom stereocenters. The van der Waals surface area contributed by atoms with Crippen LogP contribution in [0.25, 0.3) is 0 Å². The molecular weight excluding hydrogens is 172 g/mol. The van der Waals surface area contributed by atoms with Crippen molar-refractivity contribution in [3.8, 4) is 0 Å². The molecule has 3 heteroatoms. The highest BCUT2D eigenvalue weighted by molar-refractivity contribution is 8.13. The van der Waals surface area contributed by atoms with E-state index in [0.717, 1.165) is 16.7 Å². The molecule has 64 valence electrons. The molecule has 0 bridgehead atoms. The fourth-order valence-corrected chi connectivity index (χ4v) is 1.39. The number of aliphatic hydroxyl groups excluding tert-OH is 1. The quantitative estimate of drug-likeness (QED) is 0.707. The second-order valence-corrected chi connectivity index (χ2v) is 3.49. The van der Waals surface area contributed by atoms with Crippen LogP contribution in [-0.4, -0.2) is 16.3 Å². The third-order valence-electron chi connectivity index (χ3n) is 1.30. The lowest BCUT2D eigenvalue weighted by Gasteiger charge is -2.01. The second kappa shape index (κ2) is 4.28. The van der Waals surface area contributed by atoms with Crippen LogP contribution in [0.15, 0.2) is 35.2 Å². The monoisotopic (exact) mass is 182 g/mol. The Hall–Kier alpha value is -0.800. The van der Waals surface area contributed by atoms with Crippen LogP contribution >= 0.6 is 11.8 Å². The minimum Gasteiger partial charge on any atom is -0.385 e. The van der Waals surface area contributed by atoms with Crippen LogP contribution < -0.4 is 0 Å². The minimum absolute atomic E-state index is 0.221. The van der Waals surface area contributed by atoms with E-state index < -0.39 is 6.10 Å². The molecule has 1 aromatic carbocycles. The summed E-state index contributed by atoms with van der Waals surface area (Å²) in [4.78, 5) is 11.9. The number of aliphatic hydroxyl groups is 1. The number of carbonyl (C=O) groups excluding carboxylic acids is 1. The molecule has 0 aliphatic carbocycles. The number of hydrogen-bond acceptors (Lipinski definition) is 3. The summed E-state index contributed by atoms with van der Waals surface area (Å²) in [5.74, 6) is 0. The predicted molar refractivity (Wildman–Crippen MR) is 49.0 cm³/mol. The summed E-state index contributed by atoms with van der Waals surface area (Å²) < 4.78 is 0. The Kier molecular flexibility index (Phi) is 3.31. The van der Waals surface area contributed by atoms with Crippen molar-refractivity contribution in [2.75, 3.05) is 0 Å². The van der Waals surface area contributed by atoms with Crippen LogP contribution in [0, 0.1) is 0 Å². The molecule has 0 fully saturated rings. The van der Waals surface area contributed by atoms with Crippen LogP contribution in [-0.2, 0) is 4.79 Å². The van der Waals surface area contributed by atoms with Crippen molar-refractivity contribution in [3.63, 3.8) is 0 Å². The van der Waals surface area contributed by atoms with E-state index >= 15 is 0 Å². The van der Waals surface area contributed by atoms with E-state index in [-0.39, 0.29) is 5.12 Å². The van der Waals surface area contributed by atoms with Gasteiger partial charge in [0.25, 0.3) is 0 Å². The van der Waals surface area contributed by atoms with Gasteiger partial charge in [0.1, 0.15) is 6.10 Å². The molecule has 0 amide bonds. The Morgan fingerprint density at radius 1 is 1.42 bits per heavy atom. The molecule has 1 N–H and O–H groups in total. The van der Waals surface area contributed by atoms with E-state index in [0.29, 0.717) is 0 Å². The third-order valence-corrected chi connectivity index (χ3v) is 2.35. The molecule has 1 aromatic rings. The van der Waals surface area contributed by atoms with Gasteiger partial charge in [-0.05, 0) is 30.8 Å². The number of hydrogen-bond donors (Lipinski definition) is 1. The fourth-order valence-electron chi connectivity index (χ4n) is 0.690. The molecule has 0 heterocycles. The highest BCUT2D eigenvalue weighted by Gasteiger charge is 2.09. The van der Waals surface area contributed by atoms with Crippen molar-refractivity contribution in [1.82, 2.24) is 0 Å². The Morgan fingerprint density at radius 3 is 2.50 bits per heavy atom. The smallest absolute Gasteiger partial charge is 0.221 e. The minimum atomic E-state index is -0.893. The maximum atomic E-state index is 11.0. The van der Waals surface area contributed by atoms with Gasteiger partial charge in [0.15, 0.2) is 0 Å². The molecule has 2 nitrogen and oxygen atoms in total. The zero-order chi connectivity index (χ0) is 8.97. The summed E-state index contributed by atoms with van der Waals surface area (Å²) in [5.41, 5.74) is 0. The molecular formula is C9H10O2S. The average molecular weight is 182 g/mol. The summed E-state index contributed by atoms with van der Waals surface area (Å²) in [5, 5.41) is 8.69. The maximum Gasteiger partial charge on any atom is 0.221 e. The molecule has 0 spiro atoms. The van der Waals surface area contributed by atoms with Crippen LogP contribution in [0.5, 0.6) is 0 Å². The Morgan fingerprint density at radius 2 is 2.00 bits per heavy atom. The van der Waals surface area contributed by atoms with Gasteiger partial charge in [0.05, 0.1) is 0 Å². The zero-order valence-corrected chi connectivity index (χ0v) is 7.54. The van der Waals surface area contributed by atoms with Gasteiger partial charge in [-0.2, -0.15) is 0 Å². The largest absolute Gasteiger partial charge is 0.385 e. The predicted octanol–water partition coefficient (Wildman–Crippen LogP) is 1.69. The maximum absolute atomic E-state index is 11.0. The van der Waals surface area contributed by atoms with Gasteiger partial charge in [-0.3, -0.25) is 4.79 Å². The number of rotatable bonds is 2. The van der Waals surface area contributed by atoms with Crippen molar-refractivity contribution in [1.29, 1.82) is 0 Å². The van der Waals surface area contributed by atoms with E-state index in [9.17, 15) is 4.79 Å². The summed E-state index contributed by atoms with van der Waals surface area (Å²) in [6.07, 6.45) is -0.893. The third kappa shape index (κ3) is 2.68. The van der Waals surface area contributed by atoms with Gasteiger partial charge in [-0.1, -0.05) is 18.2 Å². The Labute approximate surface area is 75.6 Å². The molecule has 0 radical (unpaired) electrons. The van der Waals surface area contributed by atoms with E-state index in [1.807, 2.05) is 30.3 Å². The summed E-state index contributed by atoms with van der Waals surface area (Å²) in [6.45, 7) is 1.47. The van der Waals surface area contributed by atoms with E-state index in [1.165, 1.54) is 6.92 Å². The van der Waals surface area contributed by atoms with Crippen molar-refractivity contribution < 1.29 is 9.90 Å². The molecule has 1 rings (SSSR count). The molecule has 1 unspecified atom stereocenters. The Balaban J connectivity index is 2.59. The lowest BCUT2D eigenvalue weighted by molar-refractivity contribution is -0.117. The van der Waals surface area contributed by atoms with Gasteiger partial charge >= 0.3 is 0 Å². The normalized spacial score (nSPS) is 12.5. The fraction of sp³-hybridized carbons (Fsp3) is 0.222. The van der Waals surface area contributed by atoms with E-state index in [2.05, 4.69) is 0 Å². The molecule has 0 saturated heterocycles. The van der Waals surface area contributed by atoms with Crippen LogP contribution in [0.2, 0.25) is 0 Å². The molecule has 0 aliphatic rings. The molecule has 0 aliphatic heterocycles. The first-order valence-electron chi connectivity index (χ1n) is 3.65. The molecule has 12 heavy (non-hydrogen) atoms. The van der Waals surface area contributed by atoms with Gasteiger partial charge in [0.2, 0.25) is 5.12 Å². The van der Waals surface area contributed by atoms with Gasteiger partial charge in [0, 0.05) is 4.90 Å². The number of thioether (sulfide) groups is 1. The number of carbonyl (C=O) groups is 1. The summed E-state index contributed by atoms with van der Waals surface area (Å²) in [7, 11) is 0. The lowest BCUT2D eigenvalue weighted by Crippen LogP contribution is -2.11. The van der Waals surface area contributed by atoms with Crippen molar-refractivity contribution in [2.24, 2.45) is 0 Å². The molecule has 0 aromatic heterocycles. The van der Waals surface area contributed by atoms with Crippen molar-refractivity contribution in [3.05, 3.63) is 30.3 Å². The Bertz CT molecular complexity index is 256. The van der Waals surface area contributed by atoms with Crippen molar-refractivity contribution in [2.45, 2.75) is 17.9 Å². The van der Waals surface area contributed by atoms with Crippen LogP contribution in [0.1, 0.15) is 6.92 Å². The summed E-state index contributed by atoms with van der Waals surface area (Å²) in [6, 6.07) is 9.28. The van der Waals surface area contributed by atoms with E-state index in [1.54, 1.807) is 0 Å². The highest BCUT2D eigenvalue weighted by Crippen LogP contribution is 2.18. The van der Waals surface area contributed by atoms with Gasteiger partial charge in [-0.15, -0.1) is 0 Å². The first-order chi connectivity index (χ1) is 5.70. The lowest BCUT2D eigenvalue weighted by atomic mass is 10.4. The van der Waals surface area contributed by atoms with Gasteiger partial charge < -0.3 is 5.11 Å². The molecule has 0 saturated carbocycles. The first-order valence-corrected chi connectivity index (χ1v) is 4.46. The average Bonchev–Trinajstić information content (AvgIpc) is 2.06. The van der Waals surface area contributed by atoms with Crippen LogP contribution in [0.3, 0.4) is 0 Å². The van der Waals surface area contributed by atoms with Gasteiger partial charge in [-0.25, -0.2) is 0 Å². The standard InChI is InChI=1S/C9H10O2S/c1-7(10)9(11)12-8-5-3-2-4-6-8/h2-7,10H,1H3. The van der Waals surface area contributed by atoms with Crippen molar-refractivity contribution >= 4 is 16.9 Å². The topological polar surface area (TPSA) is 37.3 Å². The van der Waals surface area contributed by atoms with Crippen LogP contribution in [0.4, 0.5) is 0 Å². The van der Waals surface area contributed by atoms with E-state index in [4.69, 9.17) is 5.11 Å². The SMILES string of the molecule is CC(O)C(=O)Sc1ccccc1. The first kappa shape index (κ1) is 9.29. The highest BCUT2D eigenvalue weighted by atomic mass is 32.2. The number of benzene rings is 1. The summed E-state index contributed by atoms with van der Waals surface area (Å²) >= 11 is 1.06.